The molecule has 9 heteroatoms. The van der Waals surface area contributed by atoms with Crippen molar-refractivity contribution in [2.75, 3.05) is 37.7 Å². The molecule has 0 atom stereocenters. The third-order valence-electron chi connectivity index (χ3n) is 7.41. The Bertz CT molecular complexity index is 1130. The van der Waals surface area contributed by atoms with Gasteiger partial charge in [0.15, 0.2) is 0 Å². The van der Waals surface area contributed by atoms with Crippen LogP contribution < -0.4 is 14.4 Å². The van der Waals surface area contributed by atoms with Crippen molar-refractivity contribution < 1.29 is 17.5 Å². The molecule has 190 valence electrons. The number of para-hydroxylation sites is 2. The van der Waals surface area contributed by atoms with Crippen LogP contribution in [0, 0.1) is 11.7 Å². The lowest BCUT2D eigenvalue weighted by Crippen LogP contribution is -2.52. The van der Waals surface area contributed by atoms with Gasteiger partial charge in [0.05, 0.1) is 12.3 Å². The van der Waals surface area contributed by atoms with Gasteiger partial charge in [-0.05, 0) is 74.8 Å². The van der Waals surface area contributed by atoms with E-state index < -0.39 is 15.8 Å². The van der Waals surface area contributed by atoms with Gasteiger partial charge in [0.2, 0.25) is 10.0 Å². The van der Waals surface area contributed by atoms with E-state index in [-0.39, 0.29) is 16.0 Å². The first-order valence-electron chi connectivity index (χ1n) is 12.6. The van der Waals surface area contributed by atoms with Crippen molar-refractivity contribution in [2.24, 2.45) is 5.92 Å². The molecule has 0 spiro atoms. The summed E-state index contributed by atoms with van der Waals surface area (Å²) in [6, 6.07) is 12.2. The number of nitrogens with zero attached hydrogens (tertiary/aromatic N) is 2. The van der Waals surface area contributed by atoms with Gasteiger partial charge < -0.3 is 9.64 Å². The zero-order valence-electron chi connectivity index (χ0n) is 19.8. The van der Waals surface area contributed by atoms with Crippen LogP contribution in [0.5, 0.6) is 5.75 Å². The van der Waals surface area contributed by atoms with Crippen LogP contribution in [0.4, 0.5) is 10.1 Å². The van der Waals surface area contributed by atoms with Crippen molar-refractivity contribution in [3.8, 4) is 5.75 Å². The number of benzene rings is 2. The zero-order valence-corrected chi connectivity index (χ0v) is 21.4. The molecule has 2 aromatic rings. The lowest BCUT2D eigenvalue weighted by atomic mass is 9.90. The molecule has 0 amide bonds. The molecule has 3 aliphatic rings. The maximum atomic E-state index is 14.1. The predicted octanol–water partition coefficient (Wildman–Crippen LogP) is 4.68. The van der Waals surface area contributed by atoms with Crippen molar-refractivity contribution in [1.82, 2.24) is 9.62 Å². The fraction of sp³-hybridized carbons (Fsp3) is 0.538. The SMILES string of the molecule is O=S(=O)(NC1CCC(N2CCN(c3ccccc3OCC3CC3)CC2)CC1)c1cc(Cl)ccc1F. The predicted molar refractivity (Wildman–Crippen MR) is 136 cm³/mol. The molecule has 2 aliphatic carbocycles. The number of anilines is 1. The van der Waals surface area contributed by atoms with Crippen molar-refractivity contribution in [1.29, 1.82) is 0 Å². The third-order valence-corrected chi connectivity index (χ3v) is 9.18. The standard InChI is InChI=1S/C26H33ClFN3O3S/c27-20-7-12-23(28)26(17-20)35(32,33)29-21-8-10-22(11-9-21)30-13-15-31(16-14-30)24-3-1-2-4-25(24)34-18-19-5-6-19/h1-4,7,12,17,19,21-22,29H,5-6,8-11,13-16,18H2. The molecule has 2 saturated carbocycles. The summed E-state index contributed by atoms with van der Waals surface area (Å²) in [6.07, 6.45) is 5.89. The number of sulfonamides is 1. The van der Waals surface area contributed by atoms with Gasteiger partial charge in [0.1, 0.15) is 16.5 Å². The lowest BCUT2D eigenvalue weighted by Gasteiger charge is -2.43. The summed E-state index contributed by atoms with van der Waals surface area (Å²) in [6.45, 7) is 4.67. The maximum absolute atomic E-state index is 14.1. The molecule has 1 N–H and O–H groups in total. The Kier molecular flexibility index (Phi) is 7.53. The highest BCUT2D eigenvalue weighted by Gasteiger charge is 2.32. The molecular weight excluding hydrogens is 489 g/mol. The number of nitrogens with one attached hydrogen (secondary N) is 1. The minimum Gasteiger partial charge on any atom is -0.491 e. The molecule has 0 bridgehead atoms. The average molecular weight is 522 g/mol. The van der Waals surface area contributed by atoms with E-state index in [1.165, 1.54) is 30.7 Å². The molecule has 1 heterocycles. The summed E-state index contributed by atoms with van der Waals surface area (Å²) < 4.78 is 48.3. The van der Waals surface area contributed by atoms with Crippen LogP contribution >= 0.6 is 11.6 Å². The van der Waals surface area contributed by atoms with E-state index in [2.05, 4.69) is 32.7 Å². The average Bonchev–Trinajstić information content (AvgIpc) is 3.69. The van der Waals surface area contributed by atoms with Crippen molar-refractivity contribution in [2.45, 2.75) is 55.5 Å². The molecule has 3 fully saturated rings. The summed E-state index contributed by atoms with van der Waals surface area (Å²) in [7, 11) is -3.95. The van der Waals surface area contributed by atoms with Crippen LogP contribution in [0.2, 0.25) is 5.02 Å². The van der Waals surface area contributed by atoms with E-state index in [9.17, 15) is 12.8 Å². The fourth-order valence-corrected chi connectivity index (χ4v) is 6.83. The molecule has 2 aromatic carbocycles. The molecule has 6 nitrogen and oxygen atoms in total. The first kappa shape index (κ1) is 24.8. The van der Waals surface area contributed by atoms with Crippen molar-refractivity contribution >= 4 is 27.3 Å². The monoisotopic (exact) mass is 521 g/mol. The van der Waals surface area contributed by atoms with E-state index in [1.807, 2.05) is 6.07 Å². The number of hydrogen-bond donors (Lipinski definition) is 1. The van der Waals surface area contributed by atoms with Gasteiger partial charge in [-0.15, -0.1) is 0 Å². The fourth-order valence-electron chi connectivity index (χ4n) is 5.19. The summed E-state index contributed by atoms with van der Waals surface area (Å²) in [5.41, 5.74) is 1.18. The largest absolute Gasteiger partial charge is 0.491 e. The first-order chi connectivity index (χ1) is 16.9. The second kappa shape index (κ2) is 10.6. The topological polar surface area (TPSA) is 61.9 Å². The maximum Gasteiger partial charge on any atom is 0.243 e. The quantitative estimate of drug-likeness (QED) is 0.546. The second-order valence-electron chi connectivity index (χ2n) is 9.95. The van der Waals surface area contributed by atoms with Gasteiger partial charge >= 0.3 is 0 Å². The van der Waals surface area contributed by atoms with Crippen molar-refractivity contribution in [3.05, 3.63) is 53.3 Å². The third kappa shape index (κ3) is 6.10. The van der Waals surface area contributed by atoms with Crippen LogP contribution in [0.25, 0.3) is 0 Å². The normalized spacial score (nSPS) is 23.9. The molecule has 1 saturated heterocycles. The minimum atomic E-state index is -3.95. The van der Waals surface area contributed by atoms with Gasteiger partial charge in [-0.25, -0.2) is 17.5 Å². The molecule has 1 aliphatic heterocycles. The number of ether oxygens (including phenoxy) is 1. The van der Waals surface area contributed by atoms with Crippen LogP contribution in [0.15, 0.2) is 47.4 Å². The minimum absolute atomic E-state index is 0.189. The van der Waals surface area contributed by atoms with E-state index in [1.54, 1.807) is 0 Å². The smallest absolute Gasteiger partial charge is 0.243 e. The molecule has 0 radical (unpaired) electrons. The molecule has 0 unspecified atom stereocenters. The summed E-state index contributed by atoms with van der Waals surface area (Å²) in [4.78, 5) is 4.56. The molecule has 5 rings (SSSR count). The number of piperazine rings is 1. The Morgan fingerprint density at radius 1 is 0.971 bits per heavy atom. The van der Waals surface area contributed by atoms with E-state index in [0.717, 1.165) is 76.2 Å². The number of halogens is 2. The Morgan fingerprint density at radius 3 is 2.40 bits per heavy atom. The van der Waals surface area contributed by atoms with Gasteiger partial charge in [-0.3, -0.25) is 4.90 Å². The highest BCUT2D eigenvalue weighted by atomic mass is 35.5. The number of rotatable bonds is 8. The van der Waals surface area contributed by atoms with Crippen LogP contribution in [-0.2, 0) is 10.0 Å². The summed E-state index contributed by atoms with van der Waals surface area (Å²) in [5, 5.41) is 0.201. The van der Waals surface area contributed by atoms with E-state index in [4.69, 9.17) is 16.3 Å². The zero-order chi connectivity index (χ0) is 24.4. The van der Waals surface area contributed by atoms with E-state index in [0.29, 0.717) is 6.04 Å². The Balaban J connectivity index is 1.12. The molecular formula is C26H33ClFN3O3S. The van der Waals surface area contributed by atoms with Crippen LogP contribution in [0.1, 0.15) is 38.5 Å². The Labute approximate surface area is 212 Å². The number of hydrogen-bond acceptors (Lipinski definition) is 5. The van der Waals surface area contributed by atoms with Crippen LogP contribution in [-0.4, -0.2) is 58.2 Å². The van der Waals surface area contributed by atoms with Gasteiger partial charge in [-0.1, -0.05) is 23.7 Å². The lowest BCUT2D eigenvalue weighted by molar-refractivity contribution is 0.139. The van der Waals surface area contributed by atoms with Crippen LogP contribution in [0.3, 0.4) is 0 Å². The molecule has 35 heavy (non-hydrogen) atoms. The van der Waals surface area contributed by atoms with E-state index >= 15 is 0 Å². The Morgan fingerprint density at radius 2 is 1.69 bits per heavy atom. The summed E-state index contributed by atoms with van der Waals surface area (Å²) >= 11 is 5.88. The molecule has 0 aromatic heterocycles. The van der Waals surface area contributed by atoms with Crippen molar-refractivity contribution in [3.63, 3.8) is 0 Å². The highest BCUT2D eigenvalue weighted by molar-refractivity contribution is 7.89. The van der Waals surface area contributed by atoms with Gasteiger partial charge in [-0.2, -0.15) is 0 Å². The first-order valence-corrected chi connectivity index (χ1v) is 14.4. The van der Waals surface area contributed by atoms with Gasteiger partial charge in [0.25, 0.3) is 0 Å². The second-order valence-corrected chi connectivity index (χ2v) is 12.1. The Hall–Kier alpha value is -1.87. The summed E-state index contributed by atoms with van der Waals surface area (Å²) in [5.74, 6) is 0.925. The highest BCUT2D eigenvalue weighted by Crippen LogP contribution is 2.34. The van der Waals surface area contributed by atoms with Gasteiger partial charge in [0, 0.05) is 43.3 Å².